The van der Waals surface area contributed by atoms with E-state index in [4.69, 9.17) is 34.8 Å². The first-order valence-electron chi connectivity index (χ1n) is 4.96. The van der Waals surface area contributed by atoms with Crippen LogP contribution in [0, 0.1) is 0 Å². The van der Waals surface area contributed by atoms with Crippen molar-refractivity contribution in [1.82, 2.24) is 4.90 Å². The standard InChI is InChI=1S/C11H11BrCl3NO/c12-10-2-1-8(15)7-9(10)11(17)16(5-3-13)6-4-14/h1-2,7H,3-6H2. The highest BCUT2D eigenvalue weighted by Gasteiger charge is 2.17. The minimum Gasteiger partial charge on any atom is -0.336 e. The van der Waals surface area contributed by atoms with Gasteiger partial charge < -0.3 is 4.90 Å². The summed E-state index contributed by atoms with van der Waals surface area (Å²) < 4.78 is 0.709. The van der Waals surface area contributed by atoms with Crippen molar-refractivity contribution in [2.45, 2.75) is 0 Å². The van der Waals surface area contributed by atoms with Crippen LogP contribution in [0.15, 0.2) is 22.7 Å². The Labute approximate surface area is 124 Å². The highest BCUT2D eigenvalue weighted by molar-refractivity contribution is 9.10. The molecule has 0 aliphatic carbocycles. The van der Waals surface area contributed by atoms with E-state index in [1.165, 1.54) is 0 Å². The maximum atomic E-state index is 12.2. The molecule has 0 fully saturated rings. The van der Waals surface area contributed by atoms with Crippen LogP contribution in [0.1, 0.15) is 10.4 Å². The fourth-order valence-electron chi connectivity index (χ4n) is 1.35. The molecule has 94 valence electrons. The van der Waals surface area contributed by atoms with Crippen molar-refractivity contribution in [3.8, 4) is 0 Å². The quantitative estimate of drug-likeness (QED) is 0.727. The van der Waals surface area contributed by atoms with Crippen LogP contribution in [-0.4, -0.2) is 35.7 Å². The lowest BCUT2D eigenvalue weighted by Crippen LogP contribution is -2.34. The topological polar surface area (TPSA) is 20.3 Å². The molecule has 0 spiro atoms. The number of rotatable bonds is 5. The van der Waals surface area contributed by atoms with E-state index < -0.39 is 0 Å². The molecule has 1 aromatic rings. The summed E-state index contributed by atoms with van der Waals surface area (Å²) in [5.41, 5.74) is 0.521. The van der Waals surface area contributed by atoms with Gasteiger partial charge in [0.25, 0.3) is 5.91 Å². The fourth-order valence-corrected chi connectivity index (χ4v) is 2.35. The number of nitrogens with zero attached hydrogens (tertiary/aromatic N) is 1. The van der Waals surface area contributed by atoms with E-state index in [2.05, 4.69) is 15.9 Å². The Morgan fingerprint density at radius 2 is 1.82 bits per heavy atom. The molecule has 0 aromatic heterocycles. The van der Waals surface area contributed by atoms with Gasteiger partial charge in [-0.2, -0.15) is 0 Å². The van der Waals surface area contributed by atoms with E-state index in [0.29, 0.717) is 39.9 Å². The molecule has 0 saturated heterocycles. The van der Waals surface area contributed by atoms with Gasteiger partial charge in [-0.15, -0.1) is 23.2 Å². The van der Waals surface area contributed by atoms with Crippen molar-refractivity contribution in [3.05, 3.63) is 33.3 Å². The molecule has 0 bridgehead atoms. The van der Waals surface area contributed by atoms with Crippen LogP contribution in [0.5, 0.6) is 0 Å². The number of amides is 1. The van der Waals surface area contributed by atoms with Crippen molar-refractivity contribution in [1.29, 1.82) is 0 Å². The van der Waals surface area contributed by atoms with Crippen LogP contribution in [-0.2, 0) is 0 Å². The highest BCUT2D eigenvalue weighted by Crippen LogP contribution is 2.22. The first kappa shape index (κ1) is 15.1. The lowest BCUT2D eigenvalue weighted by molar-refractivity contribution is 0.0774. The van der Waals surface area contributed by atoms with Crippen LogP contribution in [0.3, 0.4) is 0 Å². The minimum absolute atomic E-state index is 0.124. The van der Waals surface area contributed by atoms with Crippen molar-refractivity contribution in [3.63, 3.8) is 0 Å². The van der Waals surface area contributed by atoms with Crippen LogP contribution < -0.4 is 0 Å². The minimum atomic E-state index is -0.124. The summed E-state index contributed by atoms with van der Waals surface area (Å²) in [7, 11) is 0. The van der Waals surface area contributed by atoms with E-state index >= 15 is 0 Å². The average Bonchev–Trinajstić information content (AvgIpc) is 2.31. The second kappa shape index (κ2) is 7.47. The number of carbonyl (C=O) groups is 1. The molecule has 17 heavy (non-hydrogen) atoms. The molecule has 0 atom stereocenters. The van der Waals surface area contributed by atoms with Gasteiger partial charge in [0.2, 0.25) is 0 Å². The van der Waals surface area contributed by atoms with E-state index in [-0.39, 0.29) is 5.91 Å². The van der Waals surface area contributed by atoms with Gasteiger partial charge in [-0.3, -0.25) is 4.79 Å². The van der Waals surface area contributed by atoms with Crippen LogP contribution in [0.2, 0.25) is 5.02 Å². The predicted molar refractivity (Wildman–Crippen MR) is 76.5 cm³/mol. The summed E-state index contributed by atoms with van der Waals surface area (Å²) >= 11 is 20.5. The Kier molecular flexibility index (Phi) is 6.63. The number of hydrogen-bond acceptors (Lipinski definition) is 1. The van der Waals surface area contributed by atoms with Crippen LogP contribution >= 0.6 is 50.7 Å². The number of halogens is 4. The number of alkyl halides is 2. The lowest BCUT2D eigenvalue weighted by Gasteiger charge is -2.21. The van der Waals surface area contributed by atoms with Gasteiger partial charge in [0, 0.05) is 34.3 Å². The summed E-state index contributed by atoms with van der Waals surface area (Å²) in [6, 6.07) is 5.09. The van der Waals surface area contributed by atoms with Gasteiger partial charge in [0.05, 0.1) is 5.56 Å². The van der Waals surface area contributed by atoms with Gasteiger partial charge in [-0.05, 0) is 34.1 Å². The molecule has 1 rings (SSSR count). The molecule has 2 nitrogen and oxygen atoms in total. The zero-order chi connectivity index (χ0) is 12.8. The summed E-state index contributed by atoms with van der Waals surface area (Å²) in [6.45, 7) is 0.929. The second-order valence-corrected chi connectivity index (χ2v) is 5.34. The van der Waals surface area contributed by atoms with Crippen LogP contribution in [0.25, 0.3) is 0 Å². The smallest absolute Gasteiger partial charge is 0.255 e. The fraction of sp³-hybridized carbons (Fsp3) is 0.364. The van der Waals surface area contributed by atoms with Gasteiger partial charge in [-0.25, -0.2) is 0 Å². The molecule has 0 N–H and O–H groups in total. The summed E-state index contributed by atoms with van der Waals surface area (Å²) in [6.07, 6.45) is 0. The average molecular weight is 359 g/mol. The van der Waals surface area contributed by atoms with E-state index in [9.17, 15) is 4.79 Å². The monoisotopic (exact) mass is 357 g/mol. The summed E-state index contributed by atoms with van der Waals surface area (Å²) in [5, 5.41) is 0.522. The predicted octanol–water partition coefficient (Wildman–Crippen LogP) is 4.02. The number of carbonyl (C=O) groups excluding carboxylic acids is 1. The molecule has 0 aliphatic rings. The number of benzene rings is 1. The third-order valence-corrected chi connectivity index (χ3v) is 3.42. The normalized spacial score (nSPS) is 10.4. The van der Waals surface area contributed by atoms with Crippen molar-refractivity contribution >= 4 is 56.6 Å². The van der Waals surface area contributed by atoms with Crippen molar-refractivity contribution in [2.24, 2.45) is 0 Å². The Morgan fingerprint density at radius 3 is 2.35 bits per heavy atom. The zero-order valence-electron chi connectivity index (χ0n) is 8.93. The molecule has 1 amide bonds. The van der Waals surface area contributed by atoms with E-state index in [1.54, 1.807) is 23.1 Å². The Bertz CT molecular complexity index is 394. The molecule has 0 saturated carbocycles. The van der Waals surface area contributed by atoms with Gasteiger partial charge in [0.15, 0.2) is 0 Å². The number of hydrogen-bond donors (Lipinski definition) is 0. The third kappa shape index (κ3) is 4.32. The van der Waals surface area contributed by atoms with E-state index in [1.807, 2.05) is 0 Å². The first-order valence-corrected chi connectivity index (χ1v) is 7.20. The molecule has 6 heteroatoms. The first-order chi connectivity index (χ1) is 8.10. The summed E-state index contributed by atoms with van der Waals surface area (Å²) in [5.74, 6) is 0.627. The second-order valence-electron chi connectivity index (χ2n) is 3.29. The van der Waals surface area contributed by atoms with Gasteiger partial charge in [-0.1, -0.05) is 11.6 Å². The van der Waals surface area contributed by atoms with E-state index in [0.717, 1.165) is 0 Å². The summed E-state index contributed by atoms with van der Waals surface area (Å²) in [4.78, 5) is 13.8. The molecule has 1 aromatic carbocycles. The molecular weight excluding hydrogens is 348 g/mol. The zero-order valence-corrected chi connectivity index (χ0v) is 12.8. The molecule has 0 heterocycles. The maximum absolute atomic E-state index is 12.2. The molecule has 0 unspecified atom stereocenters. The Hall–Kier alpha value is 0.0400. The molecule has 0 radical (unpaired) electrons. The maximum Gasteiger partial charge on any atom is 0.255 e. The highest BCUT2D eigenvalue weighted by atomic mass is 79.9. The third-order valence-electron chi connectivity index (χ3n) is 2.15. The Balaban J connectivity index is 2.95. The molecular formula is C11H11BrCl3NO. The molecule has 0 aliphatic heterocycles. The Morgan fingerprint density at radius 1 is 1.24 bits per heavy atom. The van der Waals surface area contributed by atoms with Crippen molar-refractivity contribution in [2.75, 3.05) is 24.8 Å². The SMILES string of the molecule is O=C(c1cc(Cl)ccc1Br)N(CCCl)CCCl. The van der Waals surface area contributed by atoms with Gasteiger partial charge >= 0.3 is 0 Å². The largest absolute Gasteiger partial charge is 0.336 e. The lowest BCUT2D eigenvalue weighted by atomic mass is 10.2. The van der Waals surface area contributed by atoms with Crippen LogP contribution in [0.4, 0.5) is 0 Å². The van der Waals surface area contributed by atoms with Gasteiger partial charge in [0.1, 0.15) is 0 Å². The van der Waals surface area contributed by atoms with Crippen molar-refractivity contribution < 1.29 is 4.79 Å².